The van der Waals surface area contributed by atoms with Crippen molar-refractivity contribution in [2.75, 3.05) is 5.32 Å². The Kier molecular flexibility index (Phi) is 3.16. The lowest BCUT2D eigenvalue weighted by molar-refractivity contribution is 0.102. The Morgan fingerprint density at radius 1 is 1.10 bits per heavy atom. The number of rotatable bonds is 2. The molecule has 2 aromatic carbocycles. The average Bonchev–Trinajstić information content (AvgIpc) is 2.49. The van der Waals surface area contributed by atoms with E-state index < -0.39 is 5.91 Å². The smallest absolute Gasteiger partial charge is 0.261 e. The van der Waals surface area contributed by atoms with Gasteiger partial charge < -0.3 is 14.8 Å². The van der Waals surface area contributed by atoms with Crippen molar-refractivity contribution in [3.05, 3.63) is 65.7 Å². The Morgan fingerprint density at radius 3 is 2.62 bits per heavy atom. The third kappa shape index (κ3) is 2.49. The summed E-state index contributed by atoms with van der Waals surface area (Å²) in [6.07, 6.45) is 0. The molecule has 3 rings (SSSR count). The predicted octanol–water partition coefficient (Wildman–Crippen LogP) is 2.87. The maximum atomic E-state index is 12.2. The molecule has 5 nitrogen and oxygen atoms in total. The largest absolute Gasteiger partial charge is 0.506 e. The number of amides is 1. The fourth-order valence-electron chi connectivity index (χ4n) is 2.02. The summed E-state index contributed by atoms with van der Waals surface area (Å²) in [5.74, 6) is -0.536. The first-order valence-corrected chi connectivity index (χ1v) is 6.32. The molecule has 5 heteroatoms. The van der Waals surface area contributed by atoms with Crippen molar-refractivity contribution < 1.29 is 14.3 Å². The van der Waals surface area contributed by atoms with E-state index in [0.29, 0.717) is 5.58 Å². The second-order valence-electron chi connectivity index (χ2n) is 4.50. The molecule has 0 aliphatic heterocycles. The van der Waals surface area contributed by atoms with Gasteiger partial charge in [-0.15, -0.1) is 0 Å². The molecule has 1 aromatic heterocycles. The molecule has 21 heavy (non-hydrogen) atoms. The van der Waals surface area contributed by atoms with Crippen molar-refractivity contribution in [2.45, 2.75) is 0 Å². The van der Waals surface area contributed by atoms with Crippen LogP contribution < -0.4 is 10.9 Å². The molecular weight excluding hydrogens is 268 g/mol. The lowest BCUT2D eigenvalue weighted by Crippen LogP contribution is -2.20. The van der Waals surface area contributed by atoms with E-state index in [4.69, 9.17) is 9.83 Å². The van der Waals surface area contributed by atoms with Crippen LogP contribution in [0.25, 0.3) is 11.0 Å². The first-order valence-electron chi connectivity index (χ1n) is 6.32. The fourth-order valence-corrected chi connectivity index (χ4v) is 2.02. The van der Waals surface area contributed by atoms with E-state index in [2.05, 4.69) is 5.32 Å². The number of anilines is 1. The van der Waals surface area contributed by atoms with Crippen LogP contribution in [0.15, 0.2) is 59.0 Å². The quantitative estimate of drug-likeness (QED) is 0.631. The lowest BCUT2D eigenvalue weighted by atomic mass is 10.1. The van der Waals surface area contributed by atoms with Gasteiger partial charge in [0.1, 0.15) is 16.9 Å². The van der Waals surface area contributed by atoms with Crippen molar-refractivity contribution in [1.82, 2.24) is 0 Å². The van der Waals surface area contributed by atoms with E-state index in [1.807, 2.05) is 6.07 Å². The molecule has 1 heterocycles. The number of fused-ring (bicyclic) bond motifs is 1. The number of phenolic OH excluding ortho intramolecular Hbond substituents is 1. The van der Waals surface area contributed by atoms with Crippen molar-refractivity contribution >= 4 is 22.6 Å². The van der Waals surface area contributed by atoms with E-state index in [1.165, 1.54) is 6.07 Å². The molecule has 0 aliphatic carbocycles. The second-order valence-corrected chi connectivity index (χ2v) is 4.50. The summed E-state index contributed by atoms with van der Waals surface area (Å²) in [7, 11) is 0. The van der Waals surface area contributed by atoms with Crippen LogP contribution in [0.4, 0.5) is 5.69 Å². The van der Waals surface area contributed by atoms with Crippen LogP contribution in [0.1, 0.15) is 10.4 Å². The van der Waals surface area contributed by atoms with Crippen molar-refractivity contribution in [3.8, 4) is 5.75 Å². The monoisotopic (exact) mass is 280 g/mol. The van der Waals surface area contributed by atoms with E-state index in [9.17, 15) is 9.90 Å². The number of phenols is 1. The van der Waals surface area contributed by atoms with Gasteiger partial charge in [-0.25, -0.2) is 0 Å². The summed E-state index contributed by atoms with van der Waals surface area (Å²) in [6.45, 7) is 0. The number of hydrogen-bond donors (Lipinski definition) is 3. The summed E-state index contributed by atoms with van der Waals surface area (Å²) in [5.41, 5.74) is 0.718. The highest BCUT2D eigenvalue weighted by Gasteiger charge is 2.13. The Morgan fingerprint density at radius 2 is 1.81 bits per heavy atom. The Balaban J connectivity index is 2.00. The van der Waals surface area contributed by atoms with E-state index >= 15 is 0 Å². The zero-order valence-electron chi connectivity index (χ0n) is 11.0. The first-order chi connectivity index (χ1) is 10.1. The zero-order valence-corrected chi connectivity index (χ0v) is 11.0. The number of aromatic hydroxyl groups is 1. The third-order valence-corrected chi connectivity index (χ3v) is 3.07. The number of para-hydroxylation sites is 3. The maximum absolute atomic E-state index is 12.2. The molecule has 0 spiro atoms. The molecule has 0 aliphatic rings. The summed E-state index contributed by atoms with van der Waals surface area (Å²) in [4.78, 5) is 12.2. The number of carbonyl (C=O) groups excluding carboxylic acids is 1. The number of benzene rings is 2. The molecule has 0 atom stereocenters. The molecule has 3 aromatic rings. The topological polar surface area (TPSA) is 86.3 Å². The molecule has 1 amide bonds. The van der Waals surface area contributed by atoms with Gasteiger partial charge in [0.05, 0.1) is 5.69 Å². The summed E-state index contributed by atoms with van der Waals surface area (Å²) < 4.78 is 5.33. The molecule has 3 N–H and O–H groups in total. The fraction of sp³-hybridized carbons (Fsp3) is 0. The van der Waals surface area contributed by atoms with E-state index in [1.54, 1.807) is 42.5 Å². The number of carbonyl (C=O) groups is 1. The van der Waals surface area contributed by atoms with Crippen LogP contribution in [0.3, 0.4) is 0 Å². The Labute approximate surface area is 120 Å². The highest BCUT2D eigenvalue weighted by Crippen LogP contribution is 2.22. The minimum Gasteiger partial charge on any atom is -0.506 e. The van der Waals surface area contributed by atoms with Crippen molar-refractivity contribution in [1.29, 1.82) is 5.41 Å². The van der Waals surface area contributed by atoms with Crippen LogP contribution in [0.2, 0.25) is 0 Å². The molecule has 0 saturated carbocycles. The standard InChI is InChI=1S/C16H12N2O3/c17-15-11(9-10-5-1-4-8-14(10)21-15)16(20)18-12-6-2-3-7-13(12)19/h1-9,17,19H,(H,18,20). The van der Waals surface area contributed by atoms with Gasteiger partial charge in [0, 0.05) is 5.39 Å². The van der Waals surface area contributed by atoms with Crippen LogP contribution in [-0.2, 0) is 0 Å². The Bertz CT molecular complexity index is 884. The molecular formula is C16H12N2O3. The van der Waals surface area contributed by atoms with Crippen LogP contribution >= 0.6 is 0 Å². The highest BCUT2D eigenvalue weighted by atomic mass is 16.3. The van der Waals surface area contributed by atoms with Crippen LogP contribution in [0.5, 0.6) is 5.75 Å². The number of nitrogens with one attached hydrogen (secondary N) is 2. The van der Waals surface area contributed by atoms with E-state index in [-0.39, 0.29) is 22.6 Å². The normalized spacial score (nSPS) is 10.5. The maximum Gasteiger partial charge on any atom is 0.261 e. The Hall–Kier alpha value is -3.08. The molecule has 0 saturated heterocycles. The summed E-state index contributed by atoms with van der Waals surface area (Å²) in [6, 6.07) is 15.2. The summed E-state index contributed by atoms with van der Waals surface area (Å²) >= 11 is 0. The minimum atomic E-state index is -0.504. The highest BCUT2D eigenvalue weighted by molar-refractivity contribution is 6.05. The van der Waals surface area contributed by atoms with Gasteiger partial charge in [-0.1, -0.05) is 30.3 Å². The average molecular weight is 280 g/mol. The van der Waals surface area contributed by atoms with Gasteiger partial charge in [0.2, 0.25) is 5.55 Å². The lowest BCUT2D eigenvalue weighted by Gasteiger charge is -2.07. The van der Waals surface area contributed by atoms with Crippen LogP contribution in [-0.4, -0.2) is 11.0 Å². The van der Waals surface area contributed by atoms with Crippen molar-refractivity contribution in [3.63, 3.8) is 0 Å². The second kappa shape index (κ2) is 5.13. The van der Waals surface area contributed by atoms with Gasteiger partial charge in [-0.05, 0) is 24.3 Å². The van der Waals surface area contributed by atoms with Crippen molar-refractivity contribution in [2.24, 2.45) is 0 Å². The molecule has 0 radical (unpaired) electrons. The van der Waals surface area contributed by atoms with Gasteiger partial charge in [0.25, 0.3) is 5.91 Å². The molecule has 0 unspecified atom stereocenters. The first kappa shape index (κ1) is 12.9. The van der Waals surface area contributed by atoms with Gasteiger partial charge in [0.15, 0.2) is 0 Å². The summed E-state index contributed by atoms with van der Waals surface area (Å²) in [5, 5.41) is 20.8. The molecule has 0 bridgehead atoms. The third-order valence-electron chi connectivity index (χ3n) is 3.07. The van der Waals surface area contributed by atoms with Gasteiger partial charge >= 0.3 is 0 Å². The van der Waals surface area contributed by atoms with E-state index in [0.717, 1.165) is 5.39 Å². The minimum absolute atomic E-state index is 0.0323. The number of hydrogen-bond acceptors (Lipinski definition) is 4. The SMILES string of the molecule is N=c1oc2ccccc2cc1C(=O)Nc1ccccc1O. The molecule has 104 valence electrons. The molecule has 0 fully saturated rings. The van der Waals surface area contributed by atoms with Crippen LogP contribution in [0, 0.1) is 5.41 Å². The van der Waals surface area contributed by atoms with Gasteiger partial charge in [-0.2, -0.15) is 0 Å². The van der Waals surface area contributed by atoms with Gasteiger partial charge in [-0.3, -0.25) is 10.2 Å². The zero-order chi connectivity index (χ0) is 14.8. The predicted molar refractivity (Wildman–Crippen MR) is 78.1 cm³/mol.